The van der Waals surface area contributed by atoms with Crippen molar-refractivity contribution in [1.29, 1.82) is 0 Å². The molecule has 1 rings (SSSR count). The molecule has 0 aliphatic carbocycles. The average molecular weight is 193 g/mol. The molecule has 3 heteroatoms. The highest BCUT2D eigenvalue weighted by molar-refractivity contribution is 5.34. The molecular formula is C11H19N3. The number of hydrogen-bond donors (Lipinski definition) is 2. The van der Waals surface area contributed by atoms with Gasteiger partial charge in [-0.05, 0) is 24.6 Å². The smallest absolute Gasteiger partial charge is 0.126 e. The maximum Gasteiger partial charge on any atom is 0.126 e. The van der Waals surface area contributed by atoms with Crippen molar-refractivity contribution in [1.82, 2.24) is 10.3 Å². The van der Waals surface area contributed by atoms with Crippen molar-refractivity contribution in [3.8, 4) is 0 Å². The van der Waals surface area contributed by atoms with Crippen molar-refractivity contribution < 1.29 is 0 Å². The van der Waals surface area contributed by atoms with Crippen LogP contribution in [0.2, 0.25) is 0 Å². The van der Waals surface area contributed by atoms with Crippen LogP contribution in [-0.4, -0.2) is 18.6 Å². The van der Waals surface area contributed by atoms with E-state index in [-0.39, 0.29) is 0 Å². The second-order valence-corrected chi connectivity index (χ2v) is 3.79. The molecule has 0 radical (unpaired) electrons. The number of nitrogens with zero attached hydrogens (tertiary/aromatic N) is 1. The van der Waals surface area contributed by atoms with Crippen molar-refractivity contribution in [2.45, 2.75) is 20.4 Å². The molecule has 1 aromatic rings. The van der Waals surface area contributed by atoms with Gasteiger partial charge in [-0.2, -0.15) is 0 Å². The van der Waals surface area contributed by atoms with Gasteiger partial charge in [-0.1, -0.05) is 19.9 Å². The van der Waals surface area contributed by atoms with Crippen LogP contribution in [0.4, 0.5) is 5.82 Å². The van der Waals surface area contributed by atoms with Gasteiger partial charge in [-0.25, -0.2) is 4.98 Å². The van der Waals surface area contributed by atoms with Crippen LogP contribution in [0.1, 0.15) is 19.5 Å². The summed E-state index contributed by atoms with van der Waals surface area (Å²) >= 11 is 0. The van der Waals surface area contributed by atoms with Gasteiger partial charge in [0.15, 0.2) is 0 Å². The normalized spacial score (nSPS) is 10.6. The Balaban J connectivity index is 2.42. The van der Waals surface area contributed by atoms with E-state index < -0.39 is 0 Å². The number of rotatable bonds is 5. The second-order valence-electron chi connectivity index (χ2n) is 3.79. The Morgan fingerprint density at radius 2 is 2.14 bits per heavy atom. The number of hydrogen-bond acceptors (Lipinski definition) is 3. The fourth-order valence-electron chi connectivity index (χ4n) is 1.21. The number of nitrogens with one attached hydrogen (secondary N) is 2. The molecule has 0 aliphatic rings. The SMILES string of the molecule is CNc1cccc(CNCC(C)C)n1. The lowest BCUT2D eigenvalue weighted by molar-refractivity contribution is 0.548. The van der Waals surface area contributed by atoms with E-state index in [0.29, 0.717) is 5.92 Å². The predicted molar refractivity (Wildman–Crippen MR) is 60.3 cm³/mol. The summed E-state index contributed by atoms with van der Waals surface area (Å²) in [5.41, 5.74) is 1.08. The molecule has 0 bridgehead atoms. The molecule has 0 aliphatic heterocycles. The largest absolute Gasteiger partial charge is 0.373 e. The van der Waals surface area contributed by atoms with E-state index in [0.717, 1.165) is 24.6 Å². The Morgan fingerprint density at radius 1 is 1.36 bits per heavy atom. The lowest BCUT2D eigenvalue weighted by Gasteiger charge is -2.07. The summed E-state index contributed by atoms with van der Waals surface area (Å²) < 4.78 is 0. The van der Waals surface area contributed by atoms with E-state index in [9.17, 15) is 0 Å². The number of aromatic nitrogens is 1. The Kier molecular flexibility index (Phi) is 4.40. The van der Waals surface area contributed by atoms with Gasteiger partial charge in [0.05, 0.1) is 5.69 Å². The van der Waals surface area contributed by atoms with Gasteiger partial charge >= 0.3 is 0 Å². The first-order valence-electron chi connectivity index (χ1n) is 5.06. The minimum absolute atomic E-state index is 0.683. The monoisotopic (exact) mass is 193 g/mol. The zero-order chi connectivity index (χ0) is 10.4. The molecule has 0 atom stereocenters. The summed E-state index contributed by atoms with van der Waals surface area (Å²) in [6.07, 6.45) is 0. The van der Waals surface area contributed by atoms with E-state index in [1.54, 1.807) is 0 Å². The van der Waals surface area contributed by atoms with Crippen molar-refractivity contribution in [2.24, 2.45) is 5.92 Å². The van der Waals surface area contributed by atoms with Crippen LogP contribution in [0.15, 0.2) is 18.2 Å². The molecule has 78 valence electrons. The maximum atomic E-state index is 4.41. The lowest BCUT2D eigenvalue weighted by atomic mass is 10.2. The zero-order valence-corrected chi connectivity index (χ0v) is 9.17. The molecule has 0 saturated carbocycles. The van der Waals surface area contributed by atoms with E-state index in [1.807, 2.05) is 25.2 Å². The van der Waals surface area contributed by atoms with Crippen LogP contribution in [0.5, 0.6) is 0 Å². The molecule has 0 fully saturated rings. The van der Waals surface area contributed by atoms with Crippen molar-refractivity contribution in [3.63, 3.8) is 0 Å². The van der Waals surface area contributed by atoms with Gasteiger partial charge in [-0.3, -0.25) is 0 Å². The molecule has 2 N–H and O–H groups in total. The first-order chi connectivity index (χ1) is 6.72. The van der Waals surface area contributed by atoms with E-state index in [1.165, 1.54) is 0 Å². The molecule has 0 unspecified atom stereocenters. The minimum Gasteiger partial charge on any atom is -0.373 e. The highest BCUT2D eigenvalue weighted by atomic mass is 15.0. The van der Waals surface area contributed by atoms with E-state index in [2.05, 4.69) is 29.5 Å². The van der Waals surface area contributed by atoms with Crippen LogP contribution in [0, 0.1) is 5.92 Å². The predicted octanol–water partition coefficient (Wildman–Crippen LogP) is 1.87. The van der Waals surface area contributed by atoms with Crippen LogP contribution in [0.25, 0.3) is 0 Å². The van der Waals surface area contributed by atoms with Crippen LogP contribution in [0.3, 0.4) is 0 Å². The average Bonchev–Trinajstić information content (AvgIpc) is 2.18. The number of anilines is 1. The summed E-state index contributed by atoms with van der Waals surface area (Å²) in [6, 6.07) is 6.02. The van der Waals surface area contributed by atoms with Gasteiger partial charge < -0.3 is 10.6 Å². The third kappa shape index (κ3) is 3.75. The van der Waals surface area contributed by atoms with Gasteiger partial charge in [0.25, 0.3) is 0 Å². The number of pyridine rings is 1. The molecular weight excluding hydrogens is 174 g/mol. The summed E-state index contributed by atoms with van der Waals surface area (Å²) in [5.74, 6) is 1.61. The molecule has 1 aromatic heterocycles. The molecule has 1 heterocycles. The van der Waals surface area contributed by atoms with Crippen LogP contribution >= 0.6 is 0 Å². The molecule has 3 nitrogen and oxygen atoms in total. The molecule has 0 saturated heterocycles. The third-order valence-electron chi connectivity index (χ3n) is 1.92. The summed E-state index contributed by atoms with van der Waals surface area (Å²) in [7, 11) is 1.88. The van der Waals surface area contributed by atoms with Crippen LogP contribution in [-0.2, 0) is 6.54 Å². The highest BCUT2D eigenvalue weighted by Gasteiger charge is 1.97. The first-order valence-corrected chi connectivity index (χ1v) is 5.06. The fourth-order valence-corrected chi connectivity index (χ4v) is 1.21. The van der Waals surface area contributed by atoms with Gasteiger partial charge in [0.1, 0.15) is 5.82 Å². The standard InChI is InChI=1S/C11H19N3/c1-9(2)7-13-8-10-5-4-6-11(12-3)14-10/h4-6,9,13H,7-8H2,1-3H3,(H,12,14). The Labute approximate surface area is 85.9 Å². The lowest BCUT2D eigenvalue weighted by Crippen LogP contribution is -2.19. The van der Waals surface area contributed by atoms with Crippen LogP contribution < -0.4 is 10.6 Å². The first kappa shape index (κ1) is 11.0. The van der Waals surface area contributed by atoms with Gasteiger partial charge in [0, 0.05) is 13.6 Å². The van der Waals surface area contributed by atoms with E-state index in [4.69, 9.17) is 0 Å². The third-order valence-corrected chi connectivity index (χ3v) is 1.92. The van der Waals surface area contributed by atoms with Gasteiger partial charge in [-0.15, -0.1) is 0 Å². The zero-order valence-electron chi connectivity index (χ0n) is 9.17. The Hall–Kier alpha value is -1.09. The Morgan fingerprint density at radius 3 is 2.79 bits per heavy atom. The molecule has 0 aromatic carbocycles. The maximum absolute atomic E-state index is 4.41. The highest BCUT2D eigenvalue weighted by Crippen LogP contribution is 2.03. The Bertz CT molecular complexity index is 271. The summed E-state index contributed by atoms with van der Waals surface area (Å²) in [5, 5.41) is 6.39. The summed E-state index contributed by atoms with van der Waals surface area (Å²) in [4.78, 5) is 4.41. The summed E-state index contributed by atoms with van der Waals surface area (Å²) in [6.45, 7) is 6.27. The quantitative estimate of drug-likeness (QED) is 0.749. The van der Waals surface area contributed by atoms with Crippen molar-refractivity contribution in [3.05, 3.63) is 23.9 Å². The topological polar surface area (TPSA) is 37.0 Å². The fraction of sp³-hybridized carbons (Fsp3) is 0.545. The molecule has 0 amide bonds. The second kappa shape index (κ2) is 5.60. The van der Waals surface area contributed by atoms with Crippen molar-refractivity contribution in [2.75, 3.05) is 18.9 Å². The van der Waals surface area contributed by atoms with E-state index >= 15 is 0 Å². The van der Waals surface area contributed by atoms with Crippen molar-refractivity contribution >= 4 is 5.82 Å². The van der Waals surface area contributed by atoms with Gasteiger partial charge in [0.2, 0.25) is 0 Å². The minimum atomic E-state index is 0.683. The molecule has 0 spiro atoms. The molecule has 14 heavy (non-hydrogen) atoms.